The molecule has 0 spiro atoms. The molecule has 7 heteroatoms. The first-order valence-electron chi connectivity index (χ1n) is 10.1. The molecule has 0 saturated heterocycles. The van der Waals surface area contributed by atoms with Crippen molar-refractivity contribution in [2.45, 2.75) is 38.5 Å². The van der Waals surface area contributed by atoms with E-state index < -0.39 is 0 Å². The molecule has 7 nitrogen and oxygen atoms in total. The van der Waals surface area contributed by atoms with E-state index in [2.05, 4.69) is 25.8 Å². The summed E-state index contributed by atoms with van der Waals surface area (Å²) in [4.78, 5) is 20.6. The van der Waals surface area contributed by atoms with Crippen molar-refractivity contribution in [3.05, 3.63) is 54.7 Å². The second kappa shape index (κ2) is 9.32. The fourth-order valence-electron chi connectivity index (χ4n) is 3.56. The molecule has 3 aromatic rings. The number of pyridine rings is 1. The lowest BCUT2D eigenvalue weighted by atomic mass is 10.1. The van der Waals surface area contributed by atoms with Crippen LogP contribution in [0, 0.1) is 5.92 Å². The van der Waals surface area contributed by atoms with E-state index >= 15 is 0 Å². The zero-order chi connectivity index (χ0) is 19.9. The Morgan fingerprint density at radius 2 is 1.90 bits per heavy atom. The van der Waals surface area contributed by atoms with Crippen LogP contribution < -0.4 is 10.6 Å². The number of carbonyl (C=O) groups excluding carboxylic acids is 1. The first kappa shape index (κ1) is 19.1. The summed E-state index contributed by atoms with van der Waals surface area (Å²) in [5.41, 5.74) is 2.65. The van der Waals surface area contributed by atoms with E-state index in [0.29, 0.717) is 18.1 Å². The SMILES string of the molecule is O=C(CCc1nc(-c2cccnc2)no1)Nc1ccc(NCC2CCCC2)cc1. The Balaban J connectivity index is 1.23. The van der Waals surface area contributed by atoms with Crippen LogP contribution in [0.25, 0.3) is 11.4 Å². The van der Waals surface area contributed by atoms with Gasteiger partial charge in [0.1, 0.15) is 0 Å². The highest BCUT2D eigenvalue weighted by Gasteiger charge is 2.14. The van der Waals surface area contributed by atoms with Crippen LogP contribution in [0.4, 0.5) is 11.4 Å². The van der Waals surface area contributed by atoms with Gasteiger partial charge < -0.3 is 15.2 Å². The maximum absolute atomic E-state index is 12.2. The topological polar surface area (TPSA) is 92.9 Å². The highest BCUT2D eigenvalue weighted by atomic mass is 16.5. The Kier molecular flexibility index (Phi) is 6.14. The predicted octanol–water partition coefficient (Wildman–Crippen LogP) is 4.31. The quantitative estimate of drug-likeness (QED) is 0.594. The molecule has 1 aromatic carbocycles. The number of hydrogen-bond acceptors (Lipinski definition) is 6. The Bertz CT molecular complexity index is 918. The maximum atomic E-state index is 12.2. The van der Waals surface area contributed by atoms with Gasteiger partial charge in [0.25, 0.3) is 0 Å². The number of benzene rings is 1. The van der Waals surface area contributed by atoms with Gasteiger partial charge in [0.2, 0.25) is 17.6 Å². The van der Waals surface area contributed by atoms with E-state index in [1.807, 2.05) is 36.4 Å². The lowest BCUT2D eigenvalue weighted by molar-refractivity contribution is -0.116. The molecule has 0 atom stereocenters. The van der Waals surface area contributed by atoms with Gasteiger partial charge in [0.15, 0.2) is 0 Å². The van der Waals surface area contributed by atoms with E-state index in [0.717, 1.165) is 29.4 Å². The summed E-state index contributed by atoms with van der Waals surface area (Å²) in [6.45, 7) is 1.02. The van der Waals surface area contributed by atoms with Gasteiger partial charge in [-0.25, -0.2) is 0 Å². The number of anilines is 2. The molecular weight excluding hydrogens is 366 g/mol. The number of carbonyl (C=O) groups is 1. The van der Waals surface area contributed by atoms with Crippen LogP contribution in [0.5, 0.6) is 0 Å². The monoisotopic (exact) mass is 391 g/mol. The minimum absolute atomic E-state index is 0.0854. The average Bonchev–Trinajstić information content (AvgIpc) is 3.45. The molecule has 0 unspecified atom stereocenters. The Labute approximate surface area is 169 Å². The molecule has 2 N–H and O–H groups in total. The summed E-state index contributed by atoms with van der Waals surface area (Å²) >= 11 is 0. The summed E-state index contributed by atoms with van der Waals surface area (Å²) in [7, 11) is 0. The number of nitrogens with one attached hydrogen (secondary N) is 2. The first-order valence-corrected chi connectivity index (χ1v) is 10.1. The molecule has 0 bridgehead atoms. The van der Waals surface area contributed by atoms with Crippen LogP contribution in [0.1, 0.15) is 38.0 Å². The number of aryl methyl sites for hydroxylation is 1. The van der Waals surface area contributed by atoms with E-state index in [4.69, 9.17) is 4.52 Å². The van der Waals surface area contributed by atoms with Gasteiger partial charge in [-0.05, 0) is 55.2 Å². The van der Waals surface area contributed by atoms with Gasteiger partial charge in [-0.3, -0.25) is 9.78 Å². The van der Waals surface area contributed by atoms with Crippen molar-refractivity contribution in [3.8, 4) is 11.4 Å². The van der Waals surface area contributed by atoms with E-state index in [-0.39, 0.29) is 12.3 Å². The lowest BCUT2D eigenvalue weighted by Gasteiger charge is -2.12. The summed E-state index contributed by atoms with van der Waals surface area (Å²) < 4.78 is 5.23. The Morgan fingerprint density at radius 3 is 2.66 bits per heavy atom. The minimum Gasteiger partial charge on any atom is -0.385 e. The van der Waals surface area contributed by atoms with Gasteiger partial charge in [-0.2, -0.15) is 4.98 Å². The number of nitrogens with zero attached hydrogens (tertiary/aromatic N) is 3. The molecule has 150 valence electrons. The minimum atomic E-state index is -0.0854. The summed E-state index contributed by atoms with van der Waals surface area (Å²) in [6.07, 6.45) is 9.38. The van der Waals surface area contributed by atoms with Gasteiger partial charge in [0.05, 0.1) is 0 Å². The number of hydrogen-bond donors (Lipinski definition) is 2. The number of rotatable bonds is 8. The fraction of sp³-hybridized carbons (Fsp3) is 0.364. The molecule has 29 heavy (non-hydrogen) atoms. The molecule has 1 amide bonds. The van der Waals surface area contributed by atoms with Crippen LogP contribution in [-0.2, 0) is 11.2 Å². The van der Waals surface area contributed by atoms with E-state index in [9.17, 15) is 4.79 Å². The van der Waals surface area contributed by atoms with Crippen LogP contribution in [0.3, 0.4) is 0 Å². The van der Waals surface area contributed by atoms with Gasteiger partial charge in [-0.15, -0.1) is 0 Å². The third-order valence-corrected chi connectivity index (χ3v) is 5.19. The molecule has 0 aliphatic heterocycles. The zero-order valence-corrected chi connectivity index (χ0v) is 16.3. The molecular formula is C22H25N5O2. The Morgan fingerprint density at radius 1 is 1.10 bits per heavy atom. The van der Waals surface area contributed by atoms with Crippen molar-refractivity contribution in [1.82, 2.24) is 15.1 Å². The molecule has 0 radical (unpaired) electrons. The molecule has 1 fully saturated rings. The molecule has 1 aliphatic carbocycles. The molecule has 1 aliphatic rings. The largest absolute Gasteiger partial charge is 0.385 e. The van der Waals surface area contributed by atoms with Gasteiger partial charge >= 0.3 is 0 Å². The maximum Gasteiger partial charge on any atom is 0.227 e. The van der Waals surface area contributed by atoms with Crippen LogP contribution in [0.2, 0.25) is 0 Å². The summed E-state index contributed by atoms with van der Waals surface area (Å²) in [5, 5.41) is 10.3. The molecule has 2 heterocycles. The predicted molar refractivity (Wildman–Crippen MR) is 111 cm³/mol. The van der Waals surface area contributed by atoms with Crippen molar-refractivity contribution in [3.63, 3.8) is 0 Å². The van der Waals surface area contributed by atoms with Gasteiger partial charge in [-0.1, -0.05) is 18.0 Å². The van der Waals surface area contributed by atoms with Crippen LogP contribution in [0.15, 0.2) is 53.3 Å². The smallest absolute Gasteiger partial charge is 0.227 e. The van der Waals surface area contributed by atoms with Crippen molar-refractivity contribution in [2.75, 3.05) is 17.2 Å². The van der Waals surface area contributed by atoms with E-state index in [1.165, 1.54) is 25.7 Å². The average molecular weight is 391 g/mol. The normalized spacial score (nSPS) is 14.1. The molecule has 1 saturated carbocycles. The van der Waals surface area contributed by atoms with Crippen LogP contribution in [-0.4, -0.2) is 27.6 Å². The Hall–Kier alpha value is -3.22. The number of aromatic nitrogens is 3. The third kappa shape index (κ3) is 5.40. The van der Waals surface area contributed by atoms with Crippen molar-refractivity contribution >= 4 is 17.3 Å². The highest BCUT2D eigenvalue weighted by molar-refractivity contribution is 5.90. The zero-order valence-electron chi connectivity index (χ0n) is 16.3. The second-order valence-electron chi connectivity index (χ2n) is 7.41. The van der Waals surface area contributed by atoms with Gasteiger partial charge in [0, 0.05) is 48.7 Å². The lowest BCUT2D eigenvalue weighted by Crippen LogP contribution is -2.13. The summed E-state index contributed by atoms with van der Waals surface area (Å²) in [5.74, 6) is 1.62. The molecule has 2 aromatic heterocycles. The van der Waals surface area contributed by atoms with Crippen molar-refractivity contribution in [2.24, 2.45) is 5.92 Å². The molecule has 4 rings (SSSR count). The highest BCUT2D eigenvalue weighted by Crippen LogP contribution is 2.25. The van der Waals surface area contributed by atoms with E-state index in [1.54, 1.807) is 12.4 Å². The van der Waals surface area contributed by atoms with Crippen molar-refractivity contribution in [1.29, 1.82) is 0 Å². The fourth-order valence-corrected chi connectivity index (χ4v) is 3.56. The van der Waals surface area contributed by atoms with Crippen LogP contribution >= 0.6 is 0 Å². The second-order valence-corrected chi connectivity index (χ2v) is 7.41. The third-order valence-electron chi connectivity index (χ3n) is 5.19. The number of amides is 1. The first-order chi connectivity index (χ1) is 14.3. The standard InChI is InChI=1S/C22H25N5O2/c28-20(11-12-21-26-22(27-29-21)17-6-3-13-23-15-17)25-19-9-7-18(8-10-19)24-14-16-4-1-2-5-16/h3,6-10,13,15-16,24H,1-2,4-5,11-12,14H2,(H,25,28). The van der Waals surface area contributed by atoms with Crippen molar-refractivity contribution < 1.29 is 9.32 Å². The summed E-state index contributed by atoms with van der Waals surface area (Å²) in [6, 6.07) is 11.5.